The minimum Gasteiger partial charge on any atom is -0.342 e. The molecule has 1 spiro atoms. The second-order valence-electron chi connectivity index (χ2n) is 6.75. The first-order chi connectivity index (χ1) is 9.71. The van der Waals surface area contributed by atoms with Crippen LogP contribution in [0.25, 0.3) is 0 Å². The summed E-state index contributed by atoms with van der Waals surface area (Å²) in [7, 11) is 0. The monoisotopic (exact) mass is 279 g/mol. The fourth-order valence-corrected chi connectivity index (χ4v) is 3.86. The number of likely N-dealkylation sites (tertiary alicyclic amines) is 2. The molecule has 0 aromatic heterocycles. The first-order valence-electron chi connectivity index (χ1n) is 7.87. The Bertz CT molecular complexity index is 363. The topological polar surface area (TPSA) is 52.7 Å². The van der Waals surface area contributed by atoms with Gasteiger partial charge in [-0.05, 0) is 44.2 Å². The molecule has 0 saturated carbocycles. The molecule has 3 aliphatic heterocycles. The van der Waals surface area contributed by atoms with Crippen molar-refractivity contribution in [2.45, 2.75) is 25.7 Å². The molecule has 0 atom stereocenters. The quantitative estimate of drug-likeness (QED) is 0.745. The summed E-state index contributed by atoms with van der Waals surface area (Å²) in [6, 6.07) is 0. The van der Waals surface area contributed by atoms with Crippen LogP contribution >= 0.6 is 0 Å². The maximum absolute atomic E-state index is 12.3. The van der Waals surface area contributed by atoms with E-state index in [0.29, 0.717) is 12.0 Å². The second-order valence-corrected chi connectivity index (χ2v) is 6.75. The highest BCUT2D eigenvalue weighted by molar-refractivity contribution is 5.78. The molecule has 0 aliphatic carbocycles. The first kappa shape index (κ1) is 14.0. The Labute approximate surface area is 120 Å². The van der Waals surface area contributed by atoms with Gasteiger partial charge < -0.3 is 15.0 Å². The van der Waals surface area contributed by atoms with Crippen LogP contribution in [0.3, 0.4) is 0 Å². The highest BCUT2D eigenvalue weighted by atomic mass is 16.2. The van der Waals surface area contributed by atoms with Crippen LogP contribution in [0.1, 0.15) is 25.7 Å². The lowest BCUT2D eigenvalue weighted by Crippen LogP contribution is -2.61. The van der Waals surface area contributed by atoms with E-state index < -0.39 is 0 Å². The lowest BCUT2D eigenvalue weighted by atomic mass is 9.72. The molecule has 0 unspecified atom stereocenters. The van der Waals surface area contributed by atoms with Crippen LogP contribution in [0.15, 0.2) is 0 Å². The molecule has 0 aromatic carbocycles. The lowest BCUT2D eigenvalue weighted by Gasteiger charge is -2.52. The van der Waals surface area contributed by atoms with Gasteiger partial charge in [-0.15, -0.1) is 0 Å². The number of rotatable bonds is 3. The fraction of sp³-hybridized carbons (Fsp3) is 0.867. The molecular weight excluding hydrogens is 254 g/mol. The molecule has 3 heterocycles. The normalized spacial score (nSPS) is 27.3. The van der Waals surface area contributed by atoms with Crippen LogP contribution in [0, 0.1) is 11.3 Å². The van der Waals surface area contributed by atoms with Gasteiger partial charge in [0.1, 0.15) is 6.29 Å². The Hall–Kier alpha value is -0.940. The summed E-state index contributed by atoms with van der Waals surface area (Å²) < 4.78 is 0. The van der Waals surface area contributed by atoms with Crippen molar-refractivity contribution >= 4 is 12.2 Å². The molecule has 3 fully saturated rings. The average Bonchev–Trinajstić information content (AvgIpc) is 2.47. The molecule has 0 aromatic rings. The van der Waals surface area contributed by atoms with Gasteiger partial charge in [-0.2, -0.15) is 0 Å². The van der Waals surface area contributed by atoms with Gasteiger partial charge in [0.25, 0.3) is 0 Å². The van der Waals surface area contributed by atoms with Gasteiger partial charge in [0.05, 0.1) is 6.54 Å². The van der Waals surface area contributed by atoms with Crippen molar-refractivity contribution in [1.29, 1.82) is 0 Å². The Morgan fingerprint density at radius 2 is 1.85 bits per heavy atom. The zero-order valence-corrected chi connectivity index (χ0v) is 12.1. The minimum atomic E-state index is 0.168. The maximum atomic E-state index is 12.3. The minimum absolute atomic E-state index is 0.168. The van der Waals surface area contributed by atoms with Crippen LogP contribution in [0.2, 0.25) is 0 Å². The van der Waals surface area contributed by atoms with Crippen molar-refractivity contribution in [2.24, 2.45) is 11.3 Å². The van der Waals surface area contributed by atoms with Gasteiger partial charge >= 0.3 is 0 Å². The maximum Gasteiger partial charge on any atom is 0.236 e. The van der Waals surface area contributed by atoms with Crippen LogP contribution in [-0.2, 0) is 9.59 Å². The molecule has 20 heavy (non-hydrogen) atoms. The second kappa shape index (κ2) is 5.82. The molecule has 0 radical (unpaired) electrons. The predicted octanol–water partition coefficient (Wildman–Crippen LogP) is 0.109. The molecule has 1 N–H and O–H groups in total. The van der Waals surface area contributed by atoms with Crippen molar-refractivity contribution in [3.63, 3.8) is 0 Å². The molecular formula is C15H25N3O2. The van der Waals surface area contributed by atoms with Gasteiger partial charge in [0, 0.05) is 32.1 Å². The van der Waals surface area contributed by atoms with E-state index in [-0.39, 0.29) is 11.8 Å². The number of aldehydes is 1. The molecule has 5 heteroatoms. The van der Waals surface area contributed by atoms with E-state index in [9.17, 15) is 9.59 Å². The van der Waals surface area contributed by atoms with Crippen LogP contribution in [0.5, 0.6) is 0 Å². The fourth-order valence-electron chi connectivity index (χ4n) is 3.86. The average molecular weight is 279 g/mol. The predicted molar refractivity (Wildman–Crippen MR) is 76.3 cm³/mol. The zero-order chi connectivity index (χ0) is 14.0. The molecule has 1 amide bonds. The Morgan fingerprint density at radius 1 is 1.20 bits per heavy atom. The lowest BCUT2D eigenvalue weighted by molar-refractivity contribution is -0.138. The van der Waals surface area contributed by atoms with Crippen molar-refractivity contribution in [2.75, 3.05) is 45.8 Å². The highest BCUT2D eigenvalue weighted by Crippen LogP contribution is 2.38. The number of carbonyl (C=O) groups is 2. The summed E-state index contributed by atoms with van der Waals surface area (Å²) in [5.74, 6) is 0.416. The Kier molecular flexibility index (Phi) is 4.08. The molecule has 3 aliphatic rings. The molecule has 3 saturated heterocycles. The van der Waals surface area contributed by atoms with Crippen molar-refractivity contribution in [3.05, 3.63) is 0 Å². The third-order valence-corrected chi connectivity index (χ3v) is 5.23. The third-order valence-electron chi connectivity index (χ3n) is 5.23. The number of piperidine rings is 2. The zero-order valence-electron chi connectivity index (χ0n) is 12.1. The van der Waals surface area contributed by atoms with Gasteiger partial charge in [0.2, 0.25) is 5.91 Å². The Morgan fingerprint density at radius 3 is 2.45 bits per heavy atom. The summed E-state index contributed by atoms with van der Waals surface area (Å²) in [5, 5.41) is 3.40. The van der Waals surface area contributed by atoms with Gasteiger partial charge in [-0.25, -0.2) is 0 Å². The summed E-state index contributed by atoms with van der Waals surface area (Å²) in [6.07, 6.45) is 5.22. The SMILES string of the molecule is O=CC1CCN(C(=O)CN2CC3(CCNCC3)C2)CC1. The number of nitrogens with one attached hydrogen (secondary N) is 1. The van der Waals surface area contributed by atoms with Gasteiger partial charge in [-0.1, -0.05) is 0 Å². The van der Waals surface area contributed by atoms with Crippen LogP contribution in [-0.4, -0.2) is 67.8 Å². The summed E-state index contributed by atoms with van der Waals surface area (Å²) in [5.41, 5.74) is 0.496. The first-order valence-corrected chi connectivity index (χ1v) is 7.87. The molecule has 5 nitrogen and oxygen atoms in total. The third kappa shape index (κ3) is 2.88. The van der Waals surface area contributed by atoms with E-state index in [1.807, 2.05) is 4.90 Å². The number of nitrogens with zero attached hydrogens (tertiary/aromatic N) is 2. The molecule has 0 bridgehead atoms. The van der Waals surface area contributed by atoms with E-state index in [0.717, 1.165) is 58.4 Å². The summed E-state index contributed by atoms with van der Waals surface area (Å²) in [4.78, 5) is 27.2. The largest absolute Gasteiger partial charge is 0.342 e. The number of amides is 1. The standard InChI is InChI=1S/C15H25N3O2/c19-10-13-1-7-18(8-2-13)14(20)9-17-11-15(12-17)3-5-16-6-4-15/h10,13,16H,1-9,11-12H2. The molecule has 112 valence electrons. The number of hydrogen-bond donors (Lipinski definition) is 1. The van der Waals surface area contributed by atoms with Crippen molar-refractivity contribution in [3.8, 4) is 0 Å². The van der Waals surface area contributed by atoms with E-state index >= 15 is 0 Å². The van der Waals surface area contributed by atoms with E-state index in [2.05, 4.69) is 10.2 Å². The highest BCUT2D eigenvalue weighted by Gasteiger charge is 2.44. The van der Waals surface area contributed by atoms with Gasteiger partial charge in [0.15, 0.2) is 0 Å². The smallest absolute Gasteiger partial charge is 0.236 e. The van der Waals surface area contributed by atoms with Gasteiger partial charge in [-0.3, -0.25) is 9.69 Å². The molecule has 3 rings (SSSR count). The summed E-state index contributed by atoms with van der Waals surface area (Å²) >= 11 is 0. The van der Waals surface area contributed by atoms with Crippen molar-refractivity contribution < 1.29 is 9.59 Å². The van der Waals surface area contributed by atoms with Crippen LogP contribution < -0.4 is 5.32 Å². The number of carbonyl (C=O) groups excluding carboxylic acids is 2. The summed E-state index contributed by atoms with van der Waals surface area (Å²) in [6.45, 7) is 6.51. The number of hydrogen-bond acceptors (Lipinski definition) is 4. The Balaban J connectivity index is 1.41. The van der Waals surface area contributed by atoms with E-state index in [1.54, 1.807) is 0 Å². The van der Waals surface area contributed by atoms with E-state index in [1.165, 1.54) is 12.8 Å². The van der Waals surface area contributed by atoms with Crippen LogP contribution in [0.4, 0.5) is 0 Å². The van der Waals surface area contributed by atoms with Crippen molar-refractivity contribution in [1.82, 2.24) is 15.1 Å². The van der Waals surface area contributed by atoms with E-state index in [4.69, 9.17) is 0 Å².